The summed E-state index contributed by atoms with van der Waals surface area (Å²) < 4.78 is 6.24. The molecular weight excluding hydrogens is 304 g/mol. The average Bonchev–Trinajstić information content (AvgIpc) is 2.46. The number of rotatable bonds is 3. The van der Waals surface area contributed by atoms with Crippen molar-refractivity contribution in [2.45, 2.75) is 0 Å². The second-order valence-electron chi connectivity index (χ2n) is 4.01. The highest BCUT2D eigenvalue weighted by atomic mass is 79.9. The van der Waals surface area contributed by atoms with Crippen LogP contribution >= 0.6 is 15.9 Å². The zero-order valence-corrected chi connectivity index (χ0v) is 12.3. The van der Waals surface area contributed by atoms with Crippen molar-refractivity contribution in [3.63, 3.8) is 0 Å². The van der Waals surface area contributed by atoms with Crippen molar-refractivity contribution in [2.75, 3.05) is 19.1 Å². The van der Waals surface area contributed by atoms with Crippen LogP contribution in [0.3, 0.4) is 0 Å². The predicted octanol–water partition coefficient (Wildman–Crippen LogP) is 4.10. The minimum atomic E-state index is 0.629. The van der Waals surface area contributed by atoms with E-state index in [9.17, 15) is 0 Å². The largest absolute Gasteiger partial charge is 0.495 e. The van der Waals surface area contributed by atoms with Crippen molar-refractivity contribution in [3.8, 4) is 11.8 Å². The van der Waals surface area contributed by atoms with Gasteiger partial charge in [-0.1, -0.05) is 12.1 Å². The zero-order valence-electron chi connectivity index (χ0n) is 10.7. The van der Waals surface area contributed by atoms with E-state index in [0.29, 0.717) is 5.56 Å². The Morgan fingerprint density at radius 2 is 1.89 bits per heavy atom. The van der Waals surface area contributed by atoms with Gasteiger partial charge in [-0.3, -0.25) is 0 Å². The van der Waals surface area contributed by atoms with Gasteiger partial charge in [-0.2, -0.15) is 5.26 Å². The summed E-state index contributed by atoms with van der Waals surface area (Å²) in [7, 11) is 3.62. The van der Waals surface area contributed by atoms with Crippen LogP contribution in [0.4, 0.5) is 11.4 Å². The first-order valence-corrected chi connectivity index (χ1v) is 6.53. The van der Waals surface area contributed by atoms with E-state index in [1.165, 1.54) is 0 Å². The maximum atomic E-state index is 8.89. The number of benzene rings is 2. The van der Waals surface area contributed by atoms with Gasteiger partial charge in [-0.25, -0.2) is 0 Å². The van der Waals surface area contributed by atoms with E-state index in [1.54, 1.807) is 19.2 Å². The molecule has 0 amide bonds. The topological polar surface area (TPSA) is 36.3 Å². The average molecular weight is 317 g/mol. The number of anilines is 2. The van der Waals surface area contributed by atoms with Crippen molar-refractivity contribution in [2.24, 2.45) is 0 Å². The Labute approximate surface area is 121 Å². The molecule has 0 saturated heterocycles. The summed E-state index contributed by atoms with van der Waals surface area (Å²) in [6.45, 7) is 0. The molecule has 2 rings (SSSR count). The van der Waals surface area contributed by atoms with Crippen molar-refractivity contribution in [3.05, 3.63) is 52.5 Å². The molecule has 96 valence electrons. The first-order valence-electron chi connectivity index (χ1n) is 5.73. The summed E-state index contributed by atoms with van der Waals surface area (Å²) in [6, 6.07) is 15.4. The molecule has 0 aliphatic heterocycles. The molecule has 0 aliphatic carbocycles. The van der Waals surface area contributed by atoms with E-state index >= 15 is 0 Å². The number of para-hydroxylation sites is 2. The molecule has 0 aromatic heterocycles. The van der Waals surface area contributed by atoms with Gasteiger partial charge < -0.3 is 9.64 Å². The second kappa shape index (κ2) is 5.77. The van der Waals surface area contributed by atoms with Gasteiger partial charge in [0, 0.05) is 11.5 Å². The highest BCUT2D eigenvalue weighted by Crippen LogP contribution is 2.36. The molecule has 0 saturated carbocycles. The molecule has 2 aromatic carbocycles. The Hall–Kier alpha value is -1.99. The Morgan fingerprint density at radius 3 is 2.53 bits per heavy atom. The standard InChI is InChI=1S/C15H13BrN2O/c1-18(14-5-3-4-6-15(14)19-2)13-8-7-11(10-17)9-12(13)16/h3-9H,1-2H3. The summed E-state index contributed by atoms with van der Waals surface area (Å²) in [5.74, 6) is 0.807. The van der Waals surface area contributed by atoms with Gasteiger partial charge >= 0.3 is 0 Å². The SMILES string of the molecule is COc1ccccc1N(C)c1ccc(C#N)cc1Br. The maximum Gasteiger partial charge on any atom is 0.142 e. The van der Waals surface area contributed by atoms with E-state index < -0.39 is 0 Å². The zero-order chi connectivity index (χ0) is 13.8. The van der Waals surface area contributed by atoms with E-state index in [4.69, 9.17) is 10.00 Å². The van der Waals surface area contributed by atoms with Crippen LogP contribution in [0.5, 0.6) is 5.75 Å². The van der Waals surface area contributed by atoms with Crippen LogP contribution in [0.25, 0.3) is 0 Å². The number of nitrogens with zero attached hydrogens (tertiary/aromatic N) is 2. The fraction of sp³-hybridized carbons (Fsp3) is 0.133. The third kappa shape index (κ3) is 2.72. The summed E-state index contributed by atoms with van der Waals surface area (Å²) in [4.78, 5) is 2.02. The van der Waals surface area contributed by atoms with Gasteiger partial charge in [0.2, 0.25) is 0 Å². The van der Waals surface area contributed by atoms with Gasteiger partial charge in [0.25, 0.3) is 0 Å². The number of halogens is 1. The highest BCUT2D eigenvalue weighted by Gasteiger charge is 2.12. The van der Waals surface area contributed by atoms with Gasteiger partial charge in [-0.15, -0.1) is 0 Å². The molecule has 0 radical (unpaired) electrons. The van der Waals surface area contributed by atoms with E-state index in [-0.39, 0.29) is 0 Å². The molecule has 0 N–H and O–H groups in total. The minimum absolute atomic E-state index is 0.629. The molecule has 0 atom stereocenters. The van der Waals surface area contributed by atoms with E-state index in [1.807, 2.05) is 42.3 Å². The van der Waals surface area contributed by atoms with Gasteiger partial charge in [0.05, 0.1) is 30.1 Å². The molecule has 0 unspecified atom stereocenters. The van der Waals surface area contributed by atoms with Gasteiger partial charge in [-0.05, 0) is 46.3 Å². The van der Waals surface area contributed by atoms with Crippen molar-refractivity contribution < 1.29 is 4.74 Å². The molecule has 0 heterocycles. The van der Waals surface area contributed by atoms with Crippen LogP contribution in [0, 0.1) is 11.3 Å². The Morgan fingerprint density at radius 1 is 1.16 bits per heavy atom. The molecule has 0 fully saturated rings. The van der Waals surface area contributed by atoms with Crippen molar-refractivity contribution >= 4 is 27.3 Å². The van der Waals surface area contributed by atoms with Crippen LogP contribution in [-0.4, -0.2) is 14.2 Å². The minimum Gasteiger partial charge on any atom is -0.495 e. The van der Waals surface area contributed by atoms with Crippen molar-refractivity contribution in [1.82, 2.24) is 0 Å². The fourth-order valence-electron chi connectivity index (χ4n) is 1.89. The molecule has 2 aromatic rings. The van der Waals surface area contributed by atoms with E-state index in [0.717, 1.165) is 21.6 Å². The Bertz CT molecular complexity index is 634. The second-order valence-corrected chi connectivity index (χ2v) is 4.86. The molecule has 0 aliphatic rings. The third-order valence-electron chi connectivity index (χ3n) is 2.88. The predicted molar refractivity (Wildman–Crippen MR) is 79.9 cm³/mol. The Kier molecular flexibility index (Phi) is 4.08. The first kappa shape index (κ1) is 13.4. The number of methoxy groups -OCH3 is 1. The summed E-state index contributed by atoms with van der Waals surface area (Å²) in [6.07, 6.45) is 0. The number of ether oxygens (including phenoxy) is 1. The monoisotopic (exact) mass is 316 g/mol. The molecule has 19 heavy (non-hydrogen) atoms. The molecule has 0 spiro atoms. The van der Waals surface area contributed by atoms with Crippen LogP contribution in [0.2, 0.25) is 0 Å². The van der Waals surface area contributed by atoms with Crippen LogP contribution in [-0.2, 0) is 0 Å². The number of hydrogen-bond acceptors (Lipinski definition) is 3. The normalized spacial score (nSPS) is 9.79. The number of hydrogen-bond donors (Lipinski definition) is 0. The fourth-order valence-corrected chi connectivity index (χ4v) is 2.53. The summed E-state index contributed by atoms with van der Waals surface area (Å²) >= 11 is 3.50. The molecular formula is C15H13BrN2O. The lowest BCUT2D eigenvalue weighted by atomic mass is 10.2. The summed E-state index contributed by atoms with van der Waals surface area (Å²) in [5.41, 5.74) is 2.57. The molecule has 4 heteroatoms. The third-order valence-corrected chi connectivity index (χ3v) is 3.52. The lowest BCUT2D eigenvalue weighted by Gasteiger charge is -2.23. The highest BCUT2D eigenvalue weighted by molar-refractivity contribution is 9.10. The quantitative estimate of drug-likeness (QED) is 0.855. The van der Waals surface area contributed by atoms with Gasteiger partial charge in [0.1, 0.15) is 5.75 Å². The van der Waals surface area contributed by atoms with Crippen LogP contribution in [0.1, 0.15) is 5.56 Å². The van der Waals surface area contributed by atoms with E-state index in [2.05, 4.69) is 22.0 Å². The van der Waals surface area contributed by atoms with Crippen LogP contribution < -0.4 is 9.64 Å². The summed E-state index contributed by atoms with van der Waals surface area (Å²) in [5, 5.41) is 8.89. The molecule has 3 nitrogen and oxygen atoms in total. The van der Waals surface area contributed by atoms with Crippen LogP contribution in [0.15, 0.2) is 46.9 Å². The Balaban J connectivity index is 2.44. The lowest BCUT2D eigenvalue weighted by Crippen LogP contribution is -2.11. The van der Waals surface area contributed by atoms with Crippen molar-refractivity contribution in [1.29, 1.82) is 5.26 Å². The molecule has 0 bridgehead atoms. The van der Waals surface area contributed by atoms with Gasteiger partial charge in [0.15, 0.2) is 0 Å². The number of nitriles is 1. The first-order chi connectivity index (χ1) is 9.17. The lowest BCUT2D eigenvalue weighted by molar-refractivity contribution is 0.415. The smallest absolute Gasteiger partial charge is 0.142 e. The maximum absolute atomic E-state index is 8.89.